The minimum Gasteiger partial charge on any atom is -0.256 e. The van der Waals surface area contributed by atoms with Gasteiger partial charge < -0.3 is 0 Å². The van der Waals surface area contributed by atoms with Crippen LogP contribution >= 0.6 is 34.2 Å². The Kier molecular flexibility index (Phi) is 2.93. The summed E-state index contributed by atoms with van der Waals surface area (Å²) in [7, 11) is 0. The van der Waals surface area contributed by atoms with Crippen molar-refractivity contribution in [2.75, 3.05) is 0 Å². The van der Waals surface area contributed by atoms with Gasteiger partial charge in [-0.3, -0.25) is 4.98 Å². The van der Waals surface area contributed by atoms with Crippen LogP contribution in [-0.4, -0.2) is 4.98 Å². The van der Waals surface area contributed by atoms with Crippen LogP contribution in [0.5, 0.6) is 0 Å². The second kappa shape index (κ2) is 4.03. The van der Waals surface area contributed by atoms with Crippen LogP contribution in [0.2, 0.25) is 5.02 Å². The number of fused-ring (bicyclic) bond motifs is 1. The van der Waals surface area contributed by atoms with Crippen LogP contribution in [0.25, 0.3) is 10.9 Å². The Balaban J connectivity index is 2.90. The molecule has 14 heavy (non-hydrogen) atoms. The van der Waals surface area contributed by atoms with Crippen LogP contribution in [0.3, 0.4) is 0 Å². The monoisotopic (exact) mass is 317 g/mol. The largest absolute Gasteiger partial charge is 0.256 e. The van der Waals surface area contributed by atoms with Crippen LogP contribution in [0.4, 0.5) is 0 Å². The lowest BCUT2D eigenvalue weighted by Gasteiger charge is -2.07. The number of hydrogen-bond donors (Lipinski definition) is 0. The van der Waals surface area contributed by atoms with E-state index >= 15 is 0 Å². The summed E-state index contributed by atoms with van der Waals surface area (Å²) in [4.78, 5) is 4.38. The normalized spacial score (nSPS) is 10.8. The van der Waals surface area contributed by atoms with E-state index in [-0.39, 0.29) is 0 Å². The van der Waals surface area contributed by atoms with Gasteiger partial charge in [0.25, 0.3) is 0 Å². The second-order valence-electron chi connectivity index (χ2n) is 3.07. The molecule has 1 heterocycles. The first-order chi connectivity index (χ1) is 6.74. The molecule has 2 aromatic rings. The Morgan fingerprint density at radius 1 is 1.50 bits per heavy atom. The molecule has 2 rings (SSSR count). The SMILES string of the molecule is CCc1c(I)cc(Cl)c2cccnc12. The number of aromatic nitrogens is 1. The van der Waals surface area contributed by atoms with E-state index in [1.54, 1.807) is 0 Å². The molecule has 1 nitrogen and oxygen atoms in total. The van der Waals surface area contributed by atoms with Gasteiger partial charge in [-0.15, -0.1) is 0 Å². The number of hydrogen-bond acceptors (Lipinski definition) is 1. The summed E-state index contributed by atoms with van der Waals surface area (Å²) in [6.45, 7) is 2.14. The van der Waals surface area contributed by atoms with E-state index in [9.17, 15) is 0 Å². The molecule has 72 valence electrons. The lowest BCUT2D eigenvalue weighted by molar-refractivity contribution is 1.13. The zero-order valence-electron chi connectivity index (χ0n) is 7.72. The maximum atomic E-state index is 6.15. The van der Waals surface area contributed by atoms with Gasteiger partial charge in [-0.05, 0) is 52.8 Å². The molecular weight excluding hydrogens is 308 g/mol. The quantitative estimate of drug-likeness (QED) is 0.723. The zero-order valence-corrected chi connectivity index (χ0v) is 10.6. The molecule has 0 amide bonds. The average Bonchev–Trinajstić information content (AvgIpc) is 2.18. The molecule has 0 fully saturated rings. The van der Waals surface area contributed by atoms with Crippen molar-refractivity contribution in [2.45, 2.75) is 13.3 Å². The third-order valence-corrected chi connectivity index (χ3v) is 3.52. The van der Waals surface area contributed by atoms with Crippen molar-refractivity contribution in [3.63, 3.8) is 0 Å². The van der Waals surface area contributed by atoms with E-state index in [0.717, 1.165) is 22.3 Å². The molecule has 0 aliphatic carbocycles. The van der Waals surface area contributed by atoms with E-state index in [0.29, 0.717) is 0 Å². The number of nitrogens with zero attached hydrogens (tertiary/aromatic N) is 1. The molecule has 0 radical (unpaired) electrons. The molecule has 0 unspecified atom stereocenters. The molecule has 0 atom stereocenters. The lowest BCUT2D eigenvalue weighted by Crippen LogP contribution is -1.91. The second-order valence-corrected chi connectivity index (χ2v) is 4.64. The van der Waals surface area contributed by atoms with E-state index in [1.807, 2.05) is 24.4 Å². The summed E-state index contributed by atoms with van der Waals surface area (Å²) >= 11 is 8.46. The van der Waals surface area contributed by atoms with Gasteiger partial charge in [0.05, 0.1) is 10.5 Å². The maximum absolute atomic E-state index is 6.15. The highest BCUT2D eigenvalue weighted by molar-refractivity contribution is 14.1. The van der Waals surface area contributed by atoms with Crippen molar-refractivity contribution in [1.82, 2.24) is 4.98 Å². The Hall–Kier alpha value is -0.350. The predicted octanol–water partition coefficient (Wildman–Crippen LogP) is 4.06. The van der Waals surface area contributed by atoms with Gasteiger partial charge in [0, 0.05) is 15.2 Å². The van der Waals surface area contributed by atoms with Crippen LogP contribution in [0, 0.1) is 3.57 Å². The highest BCUT2D eigenvalue weighted by Gasteiger charge is 2.08. The van der Waals surface area contributed by atoms with Crippen LogP contribution < -0.4 is 0 Å². The number of halogens is 2. The van der Waals surface area contributed by atoms with Crippen molar-refractivity contribution in [1.29, 1.82) is 0 Å². The lowest BCUT2D eigenvalue weighted by atomic mass is 10.1. The molecule has 3 heteroatoms. The predicted molar refractivity (Wildman–Crippen MR) is 68.8 cm³/mol. The van der Waals surface area contributed by atoms with E-state index < -0.39 is 0 Å². The van der Waals surface area contributed by atoms with E-state index in [2.05, 4.69) is 34.5 Å². The fourth-order valence-electron chi connectivity index (χ4n) is 1.56. The third kappa shape index (κ3) is 1.61. The topological polar surface area (TPSA) is 12.9 Å². The van der Waals surface area contributed by atoms with Crippen LogP contribution in [0.1, 0.15) is 12.5 Å². The van der Waals surface area contributed by atoms with Crippen LogP contribution in [-0.2, 0) is 6.42 Å². The van der Waals surface area contributed by atoms with Gasteiger partial charge in [-0.1, -0.05) is 18.5 Å². The Morgan fingerprint density at radius 2 is 2.29 bits per heavy atom. The first kappa shape index (κ1) is 10.2. The summed E-state index contributed by atoms with van der Waals surface area (Å²) in [5, 5.41) is 1.83. The molecular formula is C11H9ClIN. The molecule has 0 spiro atoms. The molecule has 0 N–H and O–H groups in total. The van der Waals surface area contributed by atoms with Gasteiger partial charge in [0.1, 0.15) is 0 Å². The van der Waals surface area contributed by atoms with E-state index in [4.69, 9.17) is 11.6 Å². The highest BCUT2D eigenvalue weighted by Crippen LogP contribution is 2.29. The van der Waals surface area contributed by atoms with Gasteiger partial charge in [0.15, 0.2) is 0 Å². The standard InChI is InChI=1S/C11H9ClIN/c1-2-7-10(13)6-9(12)8-4-3-5-14-11(7)8/h3-6H,2H2,1H3. The number of pyridine rings is 1. The number of benzene rings is 1. The van der Waals surface area contributed by atoms with Gasteiger partial charge in [-0.25, -0.2) is 0 Å². The maximum Gasteiger partial charge on any atom is 0.0759 e. The third-order valence-electron chi connectivity index (χ3n) is 2.25. The number of rotatable bonds is 1. The Morgan fingerprint density at radius 3 is 3.00 bits per heavy atom. The fourth-order valence-corrected chi connectivity index (χ4v) is 2.96. The first-order valence-electron chi connectivity index (χ1n) is 4.45. The molecule has 0 saturated heterocycles. The summed E-state index contributed by atoms with van der Waals surface area (Å²) in [5.74, 6) is 0. The minimum atomic E-state index is 0.787. The van der Waals surface area contributed by atoms with Crippen molar-refractivity contribution in [2.24, 2.45) is 0 Å². The van der Waals surface area contributed by atoms with Crippen molar-refractivity contribution < 1.29 is 0 Å². The Bertz CT molecular complexity index is 482. The number of aryl methyl sites for hydroxylation is 1. The highest BCUT2D eigenvalue weighted by atomic mass is 127. The van der Waals surface area contributed by atoms with E-state index in [1.165, 1.54) is 9.13 Å². The zero-order chi connectivity index (χ0) is 10.1. The minimum absolute atomic E-state index is 0.787. The average molecular weight is 318 g/mol. The van der Waals surface area contributed by atoms with Crippen molar-refractivity contribution in [3.05, 3.63) is 38.6 Å². The van der Waals surface area contributed by atoms with Crippen molar-refractivity contribution >= 4 is 45.1 Å². The van der Waals surface area contributed by atoms with Crippen LogP contribution in [0.15, 0.2) is 24.4 Å². The van der Waals surface area contributed by atoms with Crippen molar-refractivity contribution in [3.8, 4) is 0 Å². The van der Waals surface area contributed by atoms with Gasteiger partial charge in [-0.2, -0.15) is 0 Å². The molecule has 1 aromatic carbocycles. The summed E-state index contributed by atoms with van der Waals surface area (Å²) in [6, 6.07) is 5.94. The fraction of sp³-hybridized carbons (Fsp3) is 0.182. The molecule has 0 aliphatic rings. The molecule has 0 saturated carbocycles. The Labute approximate surface area is 102 Å². The van der Waals surface area contributed by atoms with Gasteiger partial charge >= 0.3 is 0 Å². The molecule has 0 aliphatic heterocycles. The molecule has 0 bridgehead atoms. The summed E-state index contributed by atoms with van der Waals surface area (Å²) in [6.07, 6.45) is 2.80. The first-order valence-corrected chi connectivity index (χ1v) is 5.91. The smallest absolute Gasteiger partial charge is 0.0759 e. The van der Waals surface area contributed by atoms with Gasteiger partial charge in [0.2, 0.25) is 0 Å². The summed E-state index contributed by atoms with van der Waals surface area (Å²) < 4.78 is 1.20. The molecule has 1 aromatic heterocycles. The summed E-state index contributed by atoms with van der Waals surface area (Å²) in [5.41, 5.74) is 2.32.